The third kappa shape index (κ3) is 4.85. The van der Waals surface area contributed by atoms with Gasteiger partial charge in [0.15, 0.2) is 0 Å². The van der Waals surface area contributed by atoms with Crippen LogP contribution in [-0.2, 0) is 23.0 Å². The SMILES string of the molecule is O=C(c1ccc(I)cc1NS(=O)(=O)c1cccc2nccnc12)N1CCCc2cc(F)ccc2C1. The number of rotatable bonds is 4. The van der Waals surface area contributed by atoms with Crippen molar-refractivity contribution in [2.45, 2.75) is 24.3 Å². The number of aromatic nitrogens is 2. The molecule has 0 saturated heterocycles. The molecule has 3 aromatic carbocycles. The molecule has 0 spiro atoms. The van der Waals surface area contributed by atoms with E-state index >= 15 is 0 Å². The Labute approximate surface area is 215 Å². The molecule has 1 aliphatic rings. The highest BCUT2D eigenvalue weighted by Gasteiger charge is 2.26. The number of fused-ring (bicyclic) bond motifs is 2. The minimum Gasteiger partial charge on any atom is -0.334 e. The lowest BCUT2D eigenvalue weighted by Gasteiger charge is -2.23. The van der Waals surface area contributed by atoms with E-state index < -0.39 is 10.0 Å². The summed E-state index contributed by atoms with van der Waals surface area (Å²) in [4.78, 5) is 23.6. The van der Waals surface area contributed by atoms with E-state index in [1.165, 1.54) is 30.6 Å². The summed E-state index contributed by atoms with van der Waals surface area (Å²) in [6.07, 6.45) is 4.29. The Morgan fingerprint density at radius 3 is 2.71 bits per heavy atom. The van der Waals surface area contributed by atoms with Crippen molar-refractivity contribution < 1.29 is 17.6 Å². The van der Waals surface area contributed by atoms with Crippen molar-refractivity contribution in [3.05, 3.63) is 93.1 Å². The van der Waals surface area contributed by atoms with Crippen LogP contribution in [-0.4, -0.2) is 35.7 Å². The van der Waals surface area contributed by atoms with E-state index in [4.69, 9.17) is 0 Å². The summed E-state index contributed by atoms with van der Waals surface area (Å²) in [5, 5.41) is 0. The lowest BCUT2D eigenvalue weighted by Crippen LogP contribution is -2.31. The van der Waals surface area contributed by atoms with Crippen LogP contribution in [0.5, 0.6) is 0 Å². The minimum absolute atomic E-state index is 0.0221. The largest absolute Gasteiger partial charge is 0.334 e. The third-order valence-electron chi connectivity index (χ3n) is 5.90. The molecule has 1 N–H and O–H groups in total. The van der Waals surface area contributed by atoms with E-state index in [9.17, 15) is 17.6 Å². The number of carbonyl (C=O) groups is 1. The van der Waals surface area contributed by atoms with Crippen LogP contribution in [0.15, 0.2) is 71.9 Å². The van der Waals surface area contributed by atoms with E-state index in [0.29, 0.717) is 31.4 Å². The lowest BCUT2D eigenvalue weighted by molar-refractivity contribution is 0.0747. The number of nitrogens with one attached hydrogen (secondary N) is 1. The van der Waals surface area contributed by atoms with Crippen molar-refractivity contribution in [3.63, 3.8) is 0 Å². The van der Waals surface area contributed by atoms with Gasteiger partial charge in [-0.25, -0.2) is 12.8 Å². The van der Waals surface area contributed by atoms with Crippen molar-refractivity contribution >= 4 is 55.2 Å². The molecule has 35 heavy (non-hydrogen) atoms. The van der Waals surface area contributed by atoms with Crippen molar-refractivity contribution in [3.8, 4) is 0 Å². The summed E-state index contributed by atoms with van der Waals surface area (Å²) in [7, 11) is -4.07. The number of anilines is 1. The maximum atomic E-state index is 13.7. The van der Waals surface area contributed by atoms with E-state index in [0.717, 1.165) is 14.7 Å². The van der Waals surface area contributed by atoms with Crippen LogP contribution in [0, 0.1) is 9.39 Å². The van der Waals surface area contributed by atoms with Crippen LogP contribution < -0.4 is 4.72 Å². The Balaban J connectivity index is 1.50. The summed E-state index contributed by atoms with van der Waals surface area (Å²) in [6.45, 7) is 0.803. The summed E-state index contributed by atoms with van der Waals surface area (Å²) < 4.78 is 43.8. The number of aryl methyl sites for hydroxylation is 1. The molecule has 7 nitrogen and oxygen atoms in total. The Kier molecular flexibility index (Phi) is 6.41. The first-order valence-electron chi connectivity index (χ1n) is 10.9. The predicted molar refractivity (Wildman–Crippen MR) is 139 cm³/mol. The molecule has 178 valence electrons. The van der Waals surface area contributed by atoms with Gasteiger partial charge in [0, 0.05) is 29.1 Å². The molecule has 1 aromatic heterocycles. The van der Waals surface area contributed by atoms with Crippen LogP contribution in [0.1, 0.15) is 27.9 Å². The van der Waals surface area contributed by atoms with E-state index in [2.05, 4.69) is 37.3 Å². The molecule has 10 heteroatoms. The molecule has 0 fully saturated rings. The van der Waals surface area contributed by atoms with Gasteiger partial charge in [-0.05, 0) is 89.0 Å². The van der Waals surface area contributed by atoms with Crippen LogP contribution >= 0.6 is 22.6 Å². The number of hydrogen-bond acceptors (Lipinski definition) is 5. The smallest absolute Gasteiger partial charge is 0.264 e. The van der Waals surface area contributed by atoms with Crippen molar-refractivity contribution in [1.82, 2.24) is 14.9 Å². The molecule has 0 bridgehead atoms. The van der Waals surface area contributed by atoms with Gasteiger partial charge in [-0.2, -0.15) is 0 Å². The van der Waals surface area contributed by atoms with Crippen LogP contribution in [0.3, 0.4) is 0 Å². The number of sulfonamides is 1. The molecule has 2 heterocycles. The predicted octanol–water partition coefficient (Wildman–Crippen LogP) is 4.76. The molecular weight excluding hydrogens is 582 g/mol. The number of nitrogens with zero attached hydrogens (tertiary/aromatic N) is 3. The van der Waals surface area contributed by atoms with Crippen molar-refractivity contribution in [2.75, 3.05) is 11.3 Å². The second-order valence-corrected chi connectivity index (χ2v) is 11.1. The zero-order valence-corrected chi connectivity index (χ0v) is 21.4. The van der Waals surface area contributed by atoms with E-state index in [1.54, 1.807) is 41.3 Å². The van der Waals surface area contributed by atoms with Gasteiger partial charge in [0.2, 0.25) is 0 Å². The van der Waals surface area contributed by atoms with Gasteiger partial charge in [-0.1, -0.05) is 12.1 Å². The molecule has 0 radical (unpaired) electrons. The van der Waals surface area contributed by atoms with Crippen molar-refractivity contribution in [1.29, 1.82) is 0 Å². The highest BCUT2D eigenvalue weighted by molar-refractivity contribution is 14.1. The quantitative estimate of drug-likeness (QED) is 0.340. The van der Waals surface area contributed by atoms with Crippen LogP contribution in [0.25, 0.3) is 11.0 Å². The molecule has 5 rings (SSSR count). The third-order valence-corrected chi connectivity index (χ3v) is 7.97. The molecule has 4 aromatic rings. The first kappa shape index (κ1) is 23.6. The second kappa shape index (κ2) is 9.50. The topological polar surface area (TPSA) is 92.3 Å². The van der Waals surface area contributed by atoms with Gasteiger partial charge in [-0.15, -0.1) is 0 Å². The molecule has 0 aliphatic carbocycles. The Morgan fingerprint density at radius 1 is 1.03 bits per heavy atom. The highest BCUT2D eigenvalue weighted by atomic mass is 127. The number of para-hydroxylation sites is 1. The fourth-order valence-electron chi connectivity index (χ4n) is 4.24. The standard InChI is InChI=1S/C25H20FIN4O3S/c26-18-7-6-17-15-31(12-2-3-16(17)13-18)25(32)20-9-8-19(27)14-22(20)30-35(33,34)23-5-1-4-21-24(23)29-11-10-28-21/h1,4-11,13-14,30H,2-3,12,15H2. The summed E-state index contributed by atoms with van der Waals surface area (Å²) >= 11 is 2.07. The van der Waals surface area contributed by atoms with Crippen LogP contribution in [0.2, 0.25) is 0 Å². The molecule has 0 saturated carbocycles. The number of benzene rings is 3. The molecular formula is C25H20FIN4O3S. The normalized spacial score (nSPS) is 13.8. The first-order chi connectivity index (χ1) is 16.8. The summed E-state index contributed by atoms with van der Waals surface area (Å²) in [6, 6.07) is 14.4. The minimum atomic E-state index is -4.07. The number of carbonyl (C=O) groups excluding carboxylic acids is 1. The van der Waals surface area contributed by atoms with Gasteiger partial charge < -0.3 is 4.90 Å². The molecule has 1 amide bonds. The fourth-order valence-corrected chi connectivity index (χ4v) is 5.97. The Morgan fingerprint density at radius 2 is 1.86 bits per heavy atom. The molecule has 0 unspecified atom stereocenters. The average Bonchev–Trinajstić information content (AvgIpc) is 3.05. The highest BCUT2D eigenvalue weighted by Crippen LogP contribution is 2.28. The monoisotopic (exact) mass is 602 g/mol. The van der Waals surface area contributed by atoms with E-state index in [1.807, 2.05) is 0 Å². The van der Waals surface area contributed by atoms with Gasteiger partial charge >= 0.3 is 0 Å². The fraction of sp³-hybridized carbons (Fsp3) is 0.160. The number of hydrogen-bond donors (Lipinski definition) is 1. The second-order valence-electron chi connectivity index (χ2n) is 8.22. The number of halogens is 2. The number of amides is 1. The summed E-state index contributed by atoms with van der Waals surface area (Å²) in [5.74, 6) is -0.593. The molecule has 0 atom stereocenters. The maximum absolute atomic E-state index is 13.7. The first-order valence-corrected chi connectivity index (χ1v) is 13.5. The van der Waals surface area contributed by atoms with Crippen LogP contribution in [0.4, 0.5) is 10.1 Å². The van der Waals surface area contributed by atoms with Crippen molar-refractivity contribution in [2.24, 2.45) is 0 Å². The Bertz CT molecular complexity index is 1560. The zero-order chi connectivity index (χ0) is 24.6. The van der Waals surface area contributed by atoms with Gasteiger partial charge in [0.1, 0.15) is 16.2 Å². The Hall–Kier alpha value is -3.12. The van der Waals surface area contributed by atoms with Gasteiger partial charge in [0.25, 0.3) is 15.9 Å². The molecule has 1 aliphatic heterocycles. The van der Waals surface area contributed by atoms with Gasteiger partial charge in [0.05, 0.1) is 16.8 Å². The van der Waals surface area contributed by atoms with E-state index in [-0.39, 0.29) is 33.4 Å². The van der Waals surface area contributed by atoms with Gasteiger partial charge in [-0.3, -0.25) is 19.5 Å². The maximum Gasteiger partial charge on any atom is 0.264 e. The average molecular weight is 602 g/mol. The lowest BCUT2D eigenvalue weighted by atomic mass is 10.0. The zero-order valence-electron chi connectivity index (χ0n) is 18.4. The summed E-state index contributed by atoms with van der Waals surface area (Å²) in [5.41, 5.74) is 2.91.